The minimum atomic E-state index is -0.00188. The zero-order valence-electron chi connectivity index (χ0n) is 11.4. The van der Waals surface area contributed by atoms with Crippen LogP contribution >= 0.6 is 0 Å². The highest BCUT2D eigenvalue weighted by atomic mass is 16.7. The molecule has 0 saturated carbocycles. The molecular weight excluding hydrogens is 244 g/mol. The lowest BCUT2D eigenvalue weighted by atomic mass is 10.2. The van der Waals surface area contributed by atoms with Gasteiger partial charge in [0.2, 0.25) is 12.7 Å². The average molecular weight is 264 g/mol. The summed E-state index contributed by atoms with van der Waals surface area (Å²) < 4.78 is 10.5. The van der Waals surface area contributed by atoms with Crippen LogP contribution in [-0.2, 0) is 11.3 Å². The lowest BCUT2D eigenvalue weighted by molar-refractivity contribution is -0.120. The summed E-state index contributed by atoms with van der Waals surface area (Å²) in [5.74, 6) is 1.50. The first kappa shape index (κ1) is 13.7. The van der Waals surface area contributed by atoms with Gasteiger partial charge in [0.15, 0.2) is 11.5 Å². The summed E-state index contributed by atoms with van der Waals surface area (Å²) in [5, 5.41) is 6.03. The Labute approximate surface area is 113 Å². The standard InChI is InChI=1S/C14H20N2O3/c1-3-10(2)15-8-14(17)16-7-11-4-5-12-13(6-11)19-9-18-12/h4-6,10,15H,3,7-9H2,1-2H3,(H,16,17). The molecule has 0 saturated heterocycles. The first-order valence-electron chi connectivity index (χ1n) is 6.57. The lowest BCUT2D eigenvalue weighted by Crippen LogP contribution is -2.37. The summed E-state index contributed by atoms with van der Waals surface area (Å²) in [6, 6.07) is 6.04. The lowest BCUT2D eigenvalue weighted by Gasteiger charge is -2.11. The minimum Gasteiger partial charge on any atom is -0.454 e. The SMILES string of the molecule is CCC(C)NCC(=O)NCc1ccc2c(c1)OCO2. The van der Waals surface area contributed by atoms with E-state index in [0.717, 1.165) is 23.5 Å². The minimum absolute atomic E-state index is 0.00188. The third-order valence-corrected chi connectivity index (χ3v) is 3.15. The van der Waals surface area contributed by atoms with Gasteiger partial charge in [0.05, 0.1) is 6.54 Å². The molecule has 0 bridgehead atoms. The van der Waals surface area contributed by atoms with Crippen LogP contribution in [0.2, 0.25) is 0 Å². The van der Waals surface area contributed by atoms with Crippen LogP contribution in [0.15, 0.2) is 18.2 Å². The molecule has 1 aliphatic heterocycles. The van der Waals surface area contributed by atoms with Gasteiger partial charge in [-0.05, 0) is 31.0 Å². The molecule has 0 aliphatic carbocycles. The molecular formula is C14H20N2O3. The van der Waals surface area contributed by atoms with Crippen molar-refractivity contribution in [3.63, 3.8) is 0 Å². The number of fused-ring (bicyclic) bond motifs is 1. The molecule has 1 aliphatic rings. The Morgan fingerprint density at radius 3 is 2.95 bits per heavy atom. The van der Waals surface area contributed by atoms with Gasteiger partial charge in [0.25, 0.3) is 0 Å². The third-order valence-electron chi connectivity index (χ3n) is 3.15. The van der Waals surface area contributed by atoms with E-state index in [0.29, 0.717) is 19.1 Å². The van der Waals surface area contributed by atoms with Gasteiger partial charge >= 0.3 is 0 Å². The molecule has 0 fully saturated rings. The van der Waals surface area contributed by atoms with Crippen LogP contribution in [0, 0.1) is 0 Å². The fraction of sp³-hybridized carbons (Fsp3) is 0.500. The fourth-order valence-corrected chi connectivity index (χ4v) is 1.73. The van der Waals surface area contributed by atoms with E-state index in [1.165, 1.54) is 0 Å². The van der Waals surface area contributed by atoms with Crippen LogP contribution in [0.25, 0.3) is 0 Å². The molecule has 0 aromatic heterocycles. The number of hydrogen-bond donors (Lipinski definition) is 2. The molecule has 1 atom stereocenters. The Morgan fingerprint density at radius 2 is 2.16 bits per heavy atom. The molecule has 104 valence electrons. The maximum atomic E-state index is 11.6. The fourth-order valence-electron chi connectivity index (χ4n) is 1.73. The van der Waals surface area contributed by atoms with Gasteiger partial charge in [-0.2, -0.15) is 0 Å². The van der Waals surface area contributed by atoms with E-state index >= 15 is 0 Å². The van der Waals surface area contributed by atoms with E-state index in [2.05, 4.69) is 24.5 Å². The van der Waals surface area contributed by atoms with Crippen LogP contribution in [-0.4, -0.2) is 25.3 Å². The van der Waals surface area contributed by atoms with Crippen LogP contribution in [0.1, 0.15) is 25.8 Å². The summed E-state index contributed by atoms with van der Waals surface area (Å²) in [7, 11) is 0. The maximum Gasteiger partial charge on any atom is 0.234 e. The molecule has 1 amide bonds. The van der Waals surface area contributed by atoms with Gasteiger partial charge in [-0.3, -0.25) is 4.79 Å². The smallest absolute Gasteiger partial charge is 0.234 e. The summed E-state index contributed by atoms with van der Waals surface area (Å²) in [6.07, 6.45) is 1.01. The van der Waals surface area contributed by atoms with Crippen LogP contribution < -0.4 is 20.1 Å². The highest BCUT2D eigenvalue weighted by Gasteiger charge is 2.13. The number of benzene rings is 1. The Balaban J connectivity index is 1.77. The van der Waals surface area contributed by atoms with E-state index in [4.69, 9.17) is 9.47 Å². The van der Waals surface area contributed by atoms with Crippen molar-refractivity contribution in [2.75, 3.05) is 13.3 Å². The van der Waals surface area contributed by atoms with Crippen molar-refractivity contribution in [3.05, 3.63) is 23.8 Å². The molecule has 1 aromatic carbocycles. The highest BCUT2D eigenvalue weighted by Crippen LogP contribution is 2.32. The number of carbonyl (C=O) groups is 1. The summed E-state index contributed by atoms with van der Waals surface area (Å²) in [4.78, 5) is 11.6. The molecule has 2 N–H and O–H groups in total. The van der Waals surface area contributed by atoms with Crippen LogP contribution in [0.4, 0.5) is 0 Å². The molecule has 1 heterocycles. The Bertz CT molecular complexity index is 448. The van der Waals surface area contributed by atoms with Crippen molar-refractivity contribution >= 4 is 5.91 Å². The zero-order valence-corrected chi connectivity index (χ0v) is 11.4. The quantitative estimate of drug-likeness (QED) is 0.816. The predicted molar refractivity (Wildman–Crippen MR) is 72.2 cm³/mol. The van der Waals surface area contributed by atoms with Crippen molar-refractivity contribution in [3.8, 4) is 11.5 Å². The number of carbonyl (C=O) groups excluding carboxylic acids is 1. The number of amides is 1. The van der Waals surface area contributed by atoms with E-state index < -0.39 is 0 Å². The van der Waals surface area contributed by atoms with E-state index in [1.807, 2.05) is 18.2 Å². The molecule has 1 aromatic rings. The average Bonchev–Trinajstić information content (AvgIpc) is 2.89. The largest absolute Gasteiger partial charge is 0.454 e. The highest BCUT2D eigenvalue weighted by molar-refractivity contribution is 5.78. The third kappa shape index (κ3) is 3.86. The summed E-state index contributed by atoms with van der Waals surface area (Å²) in [6.45, 7) is 5.26. The number of hydrogen-bond acceptors (Lipinski definition) is 4. The van der Waals surface area contributed by atoms with Gasteiger partial charge < -0.3 is 20.1 Å². The normalized spacial score (nSPS) is 14.2. The van der Waals surface area contributed by atoms with Crippen molar-refractivity contribution < 1.29 is 14.3 Å². The zero-order chi connectivity index (χ0) is 13.7. The monoisotopic (exact) mass is 264 g/mol. The van der Waals surface area contributed by atoms with Crippen LogP contribution in [0.3, 0.4) is 0 Å². The molecule has 5 nitrogen and oxygen atoms in total. The second-order valence-corrected chi connectivity index (χ2v) is 4.65. The molecule has 2 rings (SSSR count). The Kier molecular flexibility index (Phi) is 4.63. The van der Waals surface area contributed by atoms with Gasteiger partial charge in [-0.25, -0.2) is 0 Å². The number of ether oxygens (including phenoxy) is 2. The first-order chi connectivity index (χ1) is 9.19. The van der Waals surface area contributed by atoms with Gasteiger partial charge in [0, 0.05) is 12.6 Å². The van der Waals surface area contributed by atoms with E-state index in [-0.39, 0.29) is 12.7 Å². The van der Waals surface area contributed by atoms with E-state index in [1.54, 1.807) is 0 Å². The molecule has 0 radical (unpaired) electrons. The Morgan fingerprint density at radius 1 is 1.37 bits per heavy atom. The molecule has 1 unspecified atom stereocenters. The second kappa shape index (κ2) is 6.43. The second-order valence-electron chi connectivity index (χ2n) is 4.65. The topological polar surface area (TPSA) is 59.6 Å². The van der Waals surface area contributed by atoms with Gasteiger partial charge in [-0.15, -0.1) is 0 Å². The van der Waals surface area contributed by atoms with Gasteiger partial charge in [0.1, 0.15) is 0 Å². The van der Waals surface area contributed by atoms with Gasteiger partial charge in [-0.1, -0.05) is 13.0 Å². The van der Waals surface area contributed by atoms with Crippen molar-refractivity contribution in [1.82, 2.24) is 10.6 Å². The maximum absolute atomic E-state index is 11.6. The predicted octanol–water partition coefficient (Wildman–Crippen LogP) is 1.42. The molecule has 19 heavy (non-hydrogen) atoms. The number of rotatable bonds is 6. The number of nitrogens with one attached hydrogen (secondary N) is 2. The summed E-state index contributed by atoms with van der Waals surface area (Å²) >= 11 is 0. The Hall–Kier alpha value is -1.75. The van der Waals surface area contributed by atoms with Crippen molar-refractivity contribution in [1.29, 1.82) is 0 Å². The van der Waals surface area contributed by atoms with Crippen molar-refractivity contribution in [2.45, 2.75) is 32.9 Å². The molecule has 5 heteroatoms. The summed E-state index contributed by atoms with van der Waals surface area (Å²) in [5.41, 5.74) is 1.00. The van der Waals surface area contributed by atoms with Crippen LogP contribution in [0.5, 0.6) is 11.5 Å². The first-order valence-corrected chi connectivity index (χ1v) is 6.57. The van der Waals surface area contributed by atoms with E-state index in [9.17, 15) is 4.79 Å². The van der Waals surface area contributed by atoms with Crippen molar-refractivity contribution in [2.24, 2.45) is 0 Å². The molecule has 0 spiro atoms.